The highest BCUT2D eigenvalue weighted by atomic mass is 15.3. The number of anilines is 1. The normalized spacial score (nSPS) is 16.1. The molecule has 1 saturated carbocycles. The second-order valence-electron chi connectivity index (χ2n) is 4.33. The fourth-order valence-electron chi connectivity index (χ4n) is 2.08. The fraction of sp³-hybridized carbons (Fsp3) is 0.455. The molecule has 78 valence electrons. The average Bonchev–Trinajstić information content (AvgIpc) is 2.93. The van der Waals surface area contributed by atoms with Gasteiger partial charge in [0, 0.05) is 24.3 Å². The van der Waals surface area contributed by atoms with E-state index in [9.17, 15) is 0 Å². The van der Waals surface area contributed by atoms with Crippen LogP contribution in [0.5, 0.6) is 0 Å². The van der Waals surface area contributed by atoms with Crippen LogP contribution in [0.3, 0.4) is 0 Å². The van der Waals surface area contributed by atoms with Crippen LogP contribution >= 0.6 is 0 Å². The highest BCUT2D eigenvalue weighted by Crippen LogP contribution is 2.43. The van der Waals surface area contributed by atoms with Gasteiger partial charge in [-0.25, -0.2) is 4.98 Å². The van der Waals surface area contributed by atoms with Gasteiger partial charge in [-0.3, -0.25) is 4.68 Å². The van der Waals surface area contributed by atoms with Crippen LogP contribution < -0.4 is 5.73 Å². The van der Waals surface area contributed by atoms with E-state index < -0.39 is 0 Å². The Kier molecular flexibility index (Phi) is 1.58. The zero-order valence-electron chi connectivity index (χ0n) is 8.99. The smallest absolute Gasteiger partial charge is 0.160 e. The minimum Gasteiger partial charge on any atom is -0.398 e. The van der Waals surface area contributed by atoms with E-state index in [1.165, 1.54) is 12.8 Å². The summed E-state index contributed by atoms with van der Waals surface area (Å²) in [5.41, 5.74) is 9.85. The number of rotatable bonds is 1. The predicted molar refractivity (Wildman–Crippen MR) is 59.6 cm³/mol. The second-order valence-corrected chi connectivity index (χ2v) is 4.33. The highest BCUT2D eigenvalue weighted by Gasteiger charge is 2.30. The minimum absolute atomic E-state index is 0.612. The summed E-state index contributed by atoms with van der Waals surface area (Å²) in [5, 5.41) is 5.59. The molecule has 0 amide bonds. The molecule has 4 heteroatoms. The standard InChI is InChI=1S/C11H14N4/c1-6-5-8(12)9-10(7-3-4-7)14-15(2)11(9)13-6/h5,7H,3-4H2,1-2H3,(H2,12,13). The van der Waals surface area contributed by atoms with Crippen LogP contribution in [0.15, 0.2) is 6.07 Å². The Balaban J connectivity index is 2.38. The van der Waals surface area contributed by atoms with Gasteiger partial charge in [0.15, 0.2) is 5.65 Å². The summed E-state index contributed by atoms with van der Waals surface area (Å²) in [6.45, 7) is 1.96. The molecule has 0 unspecified atom stereocenters. The third-order valence-corrected chi connectivity index (χ3v) is 2.94. The van der Waals surface area contributed by atoms with Gasteiger partial charge in [-0.15, -0.1) is 0 Å². The average molecular weight is 202 g/mol. The maximum Gasteiger partial charge on any atom is 0.160 e. The molecule has 0 aliphatic heterocycles. The van der Waals surface area contributed by atoms with E-state index in [0.717, 1.165) is 28.1 Å². The number of hydrogen-bond donors (Lipinski definition) is 1. The second kappa shape index (κ2) is 2.72. The molecule has 1 aliphatic rings. The van der Waals surface area contributed by atoms with Crippen molar-refractivity contribution in [3.8, 4) is 0 Å². The number of nitrogens with two attached hydrogens (primary N) is 1. The zero-order chi connectivity index (χ0) is 10.6. The Morgan fingerprint density at radius 3 is 2.87 bits per heavy atom. The van der Waals surface area contributed by atoms with Crippen LogP contribution in [0, 0.1) is 6.92 Å². The molecule has 2 aromatic rings. The van der Waals surface area contributed by atoms with E-state index in [0.29, 0.717) is 5.92 Å². The van der Waals surface area contributed by atoms with Crippen LogP contribution in [-0.4, -0.2) is 14.8 Å². The highest BCUT2D eigenvalue weighted by molar-refractivity contribution is 5.91. The van der Waals surface area contributed by atoms with Crippen molar-refractivity contribution in [2.45, 2.75) is 25.7 Å². The monoisotopic (exact) mass is 202 g/mol. The summed E-state index contributed by atoms with van der Waals surface area (Å²) in [7, 11) is 1.93. The lowest BCUT2D eigenvalue weighted by molar-refractivity contribution is 0.758. The lowest BCUT2D eigenvalue weighted by Crippen LogP contribution is -1.95. The Labute approximate surface area is 88.1 Å². The molecule has 0 saturated heterocycles. The van der Waals surface area contributed by atoms with Gasteiger partial charge < -0.3 is 5.73 Å². The Hall–Kier alpha value is -1.58. The molecule has 0 bridgehead atoms. The summed E-state index contributed by atoms with van der Waals surface area (Å²) >= 11 is 0. The van der Waals surface area contributed by atoms with Crippen molar-refractivity contribution in [3.63, 3.8) is 0 Å². The number of nitrogens with zero attached hydrogens (tertiary/aromatic N) is 3. The molecule has 4 nitrogen and oxygen atoms in total. The molecule has 0 radical (unpaired) electrons. The molecule has 0 aromatic carbocycles. The van der Waals surface area contributed by atoms with Gasteiger partial charge in [-0.2, -0.15) is 5.10 Å². The molecule has 1 aliphatic carbocycles. The first-order valence-corrected chi connectivity index (χ1v) is 5.26. The van der Waals surface area contributed by atoms with Crippen LogP contribution in [0.1, 0.15) is 30.1 Å². The maximum absolute atomic E-state index is 6.04. The Morgan fingerprint density at radius 2 is 2.20 bits per heavy atom. The van der Waals surface area contributed by atoms with Gasteiger partial charge in [0.05, 0.1) is 11.1 Å². The van der Waals surface area contributed by atoms with E-state index >= 15 is 0 Å². The summed E-state index contributed by atoms with van der Waals surface area (Å²) in [4.78, 5) is 4.49. The van der Waals surface area contributed by atoms with Gasteiger partial charge in [0.1, 0.15) is 0 Å². The van der Waals surface area contributed by atoms with Crippen molar-refractivity contribution < 1.29 is 0 Å². The number of hydrogen-bond acceptors (Lipinski definition) is 3. The topological polar surface area (TPSA) is 56.7 Å². The lowest BCUT2D eigenvalue weighted by Gasteiger charge is -2.00. The molecule has 3 rings (SSSR count). The molecule has 0 atom stereocenters. The molecule has 15 heavy (non-hydrogen) atoms. The number of aryl methyl sites for hydroxylation is 2. The van der Waals surface area contributed by atoms with Crippen molar-refractivity contribution in [3.05, 3.63) is 17.5 Å². The van der Waals surface area contributed by atoms with E-state index in [4.69, 9.17) is 5.73 Å². The van der Waals surface area contributed by atoms with E-state index in [-0.39, 0.29) is 0 Å². The zero-order valence-corrected chi connectivity index (χ0v) is 8.99. The van der Waals surface area contributed by atoms with E-state index in [2.05, 4.69) is 10.1 Å². The number of nitrogen functional groups attached to an aromatic ring is 1. The molecule has 2 heterocycles. The van der Waals surface area contributed by atoms with Crippen LogP contribution in [-0.2, 0) is 7.05 Å². The first-order chi connectivity index (χ1) is 7.16. The van der Waals surface area contributed by atoms with Crippen LogP contribution in [0.25, 0.3) is 11.0 Å². The molecule has 0 spiro atoms. The SMILES string of the molecule is Cc1cc(N)c2c(C3CC3)nn(C)c2n1. The summed E-state index contributed by atoms with van der Waals surface area (Å²) in [6.07, 6.45) is 2.47. The van der Waals surface area contributed by atoms with Gasteiger partial charge in [-0.05, 0) is 25.8 Å². The largest absolute Gasteiger partial charge is 0.398 e. The predicted octanol–water partition coefficient (Wildman–Crippen LogP) is 1.74. The van der Waals surface area contributed by atoms with E-state index in [1.807, 2.05) is 24.7 Å². The summed E-state index contributed by atoms with van der Waals surface area (Å²) in [5.74, 6) is 0.612. The van der Waals surface area contributed by atoms with Crippen LogP contribution in [0.4, 0.5) is 5.69 Å². The third-order valence-electron chi connectivity index (χ3n) is 2.94. The Morgan fingerprint density at radius 1 is 1.47 bits per heavy atom. The first-order valence-electron chi connectivity index (χ1n) is 5.26. The van der Waals surface area contributed by atoms with Gasteiger partial charge >= 0.3 is 0 Å². The van der Waals surface area contributed by atoms with Crippen molar-refractivity contribution in [1.82, 2.24) is 14.8 Å². The lowest BCUT2D eigenvalue weighted by atomic mass is 10.1. The van der Waals surface area contributed by atoms with Crippen molar-refractivity contribution >= 4 is 16.7 Å². The van der Waals surface area contributed by atoms with Crippen molar-refractivity contribution in [2.24, 2.45) is 7.05 Å². The van der Waals surface area contributed by atoms with Crippen molar-refractivity contribution in [2.75, 3.05) is 5.73 Å². The number of fused-ring (bicyclic) bond motifs is 1. The fourth-order valence-corrected chi connectivity index (χ4v) is 2.08. The summed E-state index contributed by atoms with van der Waals surface area (Å²) < 4.78 is 1.84. The van der Waals surface area contributed by atoms with Gasteiger partial charge in [0.25, 0.3) is 0 Å². The Bertz CT molecular complexity index is 537. The van der Waals surface area contributed by atoms with Crippen molar-refractivity contribution in [1.29, 1.82) is 0 Å². The van der Waals surface area contributed by atoms with Crippen LogP contribution in [0.2, 0.25) is 0 Å². The quantitative estimate of drug-likeness (QED) is 0.766. The maximum atomic E-state index is 6.04. The molecule has 2 N–H and O–H groups in total. The number of pyridine rings is 1. The molecule has 1 fully saturated rings. The summed E-state index contributed by atoms with van der Waals surface area (Å²) in [6, 6.07) is 1.93. The minimum atomic E-state index is 0.612. The van der Waals surface area contributed by atoms with E-state index in [1.54, 1.807) is 0 Å². The molecule has 2 aromatic heterocycles. The third kappa shape index (κ3) is 1.21. The van der Waals surface area contributed by atoms with Gasteiger partial charge in [0.2, 0.25) is 0 Å². The molecular weight excluding hydrogens is 188 g/mol. The number of aromatic nitrogens is 3. The van der Waals surface area contributed by atoms with Gasteiger partial charge in [-0.1, -0.05) is 0 Å². The molecular formula is C11H14N4. The first kappa shape index (κ1) is 8.71.